The maximum atomic E-state index is 12.0. The van der Waals surface area contributed by atoms with Gasteiger partial charge in [0.25, 0.3) is 5.91 Å². The van der Waals surface area contributed by atoms with Gasteiger partial charge in [0.15, 0.2) is 0 Å². The Balaban J connectivity index is 1.67. The van der Waals surface area contributed by atoms with E-state index in [1.165, 1.54) is 0 Å². The minimum Gasteiger partial charge on any atom is -0.379 e. The van der Waals surface area contributed by atoms with Gasteiger partial charge in [-0.3, -0.25) is 14.5 Å². The Morgan fingerprint density at radius 1 is 1.26 bits per heavy atom. The predicted octanol–water partition coefficient (Wildman–Crippen LogP) is 0.778. The summed E-state index contributed by atoms with van der Waals surface area (Å²) < 4.78 is 6.38. The van der Waals surface area contributed by atoms with Crippen LogP contribution in [0.5, 0.6) is 0 Å². The minimum absolute atomic E-state index is 0.00697. The van der Waals surface area contributed by atoms with Crippen molar-refractivity contribution in [3.8, 4) is 0 Å². The minimum atomic E-state index is -0.229. The largest absolute Gasteiger partial charge is 0.379 e. The second kappa shape index (κ2) is 9.19. The summed E-state index contributed by atoms with van der Waals surface area (Å²) in [5.41, 5.74) is 1.62. The number of hydrogen-bond donors (Lipinski definition) is 2. The standard InChI is InChI=1S/C16H22IN3O3/c1-12-10-13(2-3-14(12)17)16(22)19-11-15(21)18-4-5-20-6-8-23-9-7-20/h2-3,10H,4-9,11H2,1H3,(H,18,21)(H,19,22). The van der Waals surface area contributed by atoms with Crippen LogP contribution in [0.2, 0.25) is 0 Å². The molecular weight excluding hydrogens is 409 g/mol. The number of hydrogen-bond acceptors (Lipinski definition) is 4. The molecule has 1 fully saturated rings. The molecular formula is C16H22IN3O3. The average molecular weight is 431 g/mol. The van der Waals surface area contributed by atoms with Crippen molar-refractivity contribution in [3.63, 3.8) is 0 Å². The molecule has 0 aromatic heterocycles. The molecule has 23 heavy (non-hydrogen) atoms. The Morgan fingerprint density at radius 2 is 2.00 bits per heavy atom. The van der Waals surface area contributed by atoms with Crippen molar-refractivity contribution in [1.82, 2.24) is 15.5 Å². The van der Waals surface area contributed by atoms with Crippen molar-refractivity contribution < 1.29 is 14.3 Å². The summed E-state index contributed by atoms with van der Waals surface area (Å²) in [5, 5.41) is 5.47. The fourth-order valence-corrected chi connectivity index (χ4v) is 2.62. The monoisotopic (exact) mass is 431 g/mol. The molecule has 0 aliphatic carbocycles. The van der Waals surface area contributed by atoms with Gasteiger partial charge in [0.05, 0.1) is 19.8 Å². The van der Waals surface area contributed by atoms with E-state index in [4.69, 9.17) is 4.74 Å². The van der Waals surface area contributed by atoms with Gasteiger partial charge in [-0.25, -0.2) is 0 Å². The van der Waals surface area contributed by atoms with Crippen LogP contribution in [0, 0.1) is 10.5 Å². The van der Waals surface area contributed by atoms with Crippen LogP contribution in [0.25, 0.3) is 0 Å². The molecule has 0 radical (unpaired) electrons. The highest BCUT2D eigenvalue weighted by Gasteiger charge is 2.11. The second-order valence-corrected chi connectivity index (χ2v) is 6.61. The normalized spacial score (nSPS) is 15.2. The van der Waals surface area contributed by atoms with Gasteiger partial charge in [-0.1, -0.05) is 0 Å². The lowest BCUT2D eigenvalue weighted by atomic mass is 10.1. The number of nitrogens with one attached hydrogen (secondary N) is 2. The van der Waals surface area contributed by atoms with E-state index in [0.717, 1.165) is 42.0 Å². The lowest BCUT2D eigenvalue weighted by Gasteiger charge is -2.26. The van der Waals surface area contributed by atoms with E-state index in [-0.39, 0.29) is 18.4 Å². The number of halogens is 1. The Kier molecular flexibility index (Phi) is 7.25. The first-order valence-electron chi connectivity index (χ1n) is 7.67. The number of nitrogens with zero attached hydrogens (tertiary/aromatic N) is 1. The van der Waals surface area contributed by atoms with Gasteiger partial charge in [-0.05, 0) is 53.3 Å². The van der Waals surface area contributed by atoms with Gasteiger partial charge in [0, 0.05) is 35.3 Å². The number of morpholine rings is 1. The molecule has 0 atom stereocenters. The van der Waals surface area contributed by atoms with Crippen LogP contribution in [0.3, 0.4) is 0 Å². The van der Waals surface area contributed by atoms with E-state index < -0.39 is 0 Å². The Labute approximate surface area is 150 Å². The van der Waals surface area contributed by atoms with Crippen molar-refractivity contribution in [2.75, 3.05) is 45.9 Å². The Hall–Kier alpha value is -1.19. The third kappa shape index (κ3) is 6.08. The highest BCUT2D eigenvalue weighted by atomic mass is 127. The predicted molar refractivity (Wildman–Crippen MR) is 96.5 cm³/mol. The van der Waals surface area contributed by atoms with Crippen LogP contribution in [-0.2, 0) is 9.53 Å². The number of benzene rings is 1. The number of aryl methyl sites for hydroxylation is 1. The molecule has 1 aromatic carbocycles. The zero-order valence-corrected chi connectivity index (χ0v) is 15.4. The van der Waals surface area contributed by atoms with Gasteiger partial charge in [0.1, 0.15) is 0 Å². The van der Waals surface area contributed by atoms with Crippen molar-refractivity contribution in [3.05, 3.63) is 32.9 Å². The molecule has 0 unspecified atom stereocenters. The summed E-state index contributed by atoms with van der Waals surface area (Å²) in [5.74, 6) is -0.401. The van der Waals surface area contributed by atoms with Crippen molar-refractivity contribution in [2.24, 2.45) is 0 Å². The Bertz CT molecular complexity index is 560. The lowest BCUT2D eigenvalue weighted by molar-refractivity contribution is -0.120. The van der Waals surface area contributed by atoms with Gasteiger partial charge >= 0.3 is 0 Å². The van der Waals surface area contributed by atoms with E-state index >= 15 is 0 Å². The summed E-state index contributed by atoms with van der Waals surface area (Å²) in [6.45, 7) is 6.64. The highest BCUT2D eigenvalue weighted by Crippen LogP contribution is 2.13. The highest BCUT2D eigenvalue weighted by molar-refractivity contribution is 14.1. The molecule has 0 saturated carbocycles. The molecule has 2 rings (SSSR count). The first-order chi connectivity index (χ1) is 11.1. The molecule has 1 aliphatic heterocycles. The summed E-state index contributed by atoms with van der Waals surface area (Å²) in [6, 6.07) is 5.49. The number of ether oxygens (including phenoxy) is 1. The molecule has 7 heteroatoms. The van der Waals surface area contributed by atoms with Crippen LogP contribution in [0.15, 0.2) is 18.2 Å². The summed E-state index contributed by atoms with van der Waals surface area (Å²) in [7, 11) is 0. The third-order valence-corrected chi connectivity index (χ3v) is 4.89. The summed E-state index contributed by atoms with van der Waals surface area (Å²) >= 11 is 2.22. The molecule has 2 amide bonds. The van der Waals surface area contributed by atoms with Crippen LogP contribution in [-0.4, -0.2) is 62.7 Å². The molecule has 1 aliphatic rings. The van der Waals surface area contributed by atoms with E-state index in [0.29, 0.717) is 12.1 Å². The molecule has 1 aromatic rings. The van der Waals surface area contributed by atoms with E-state index in [1.54, 1.807) is 6.07 Å². The van der Waals surface area contributed by atoms with E-state index in [1.807, 2.05) is 19.1 Å². The van der Waals surface area contributed by atoms with Crippen molar-refractivity contribution in [2.45, 2.75) is 6.92 Å². The molecule has 1 saturated heterocycles. The molecule has 6 nitrogen and oxygen atoms in total. The van der Waals surface area contributed by atoms with Gasteiger partial charge in [-0.2, -0.15) is 0 Å². The first-order valence-corrected chi connectivity index (χ1v) is 8.75. The van der Waals surface area contributed by atoms with E-state index in [2.05, 4.69) is 38.1 Å². The maximum Gasteiger partial charge on any atom is 0.251 e. The number of amides is 2. The van der Waals surface area contributed by atoms with Crippen LogP contribution < -0.4 is 10.6 Å². The van der Waals surface area contributed by atoms with Crippen molar-refractivity contribution in [1.29, 1.82) is 0 Å². The quantitative estimate of drug-likeness (QED) is 0.654. The maximum absolute atomic E-state index is 12.0. The zero-order valence-electron chi connectivity index (χ0n) is 13.2. The molecule has 0 bridgehead atoms. The van der Waals surface area contributed by atoms with Gasteiger partial charge < -0.3 is 15.4 Å². The lowest BCUT2D eigenvalue weighted by Crippen LogP contribution is -2.43. The van der Waals surface area contributed by atoms with Crippen LogP contribution >= 0.6 is 22.6 Å². The fourth-order valence-electron chi connectivity index (χ4n) is 2.29. The zero-order chi connectivity index (χ0) is 16.7. The molecule has 2 N–H and O–H groups in total. The molecule has 1 heterocycles. The summed E-state index contributed by atoms with van der Waals surface area (Å²) in [4.78, 5) is 26.0. The van der Waals surface area contributed by atoms with Gasteiger partial charge in [-0.15, -0.1) is 0 Å². The number of rotatable bonds is 6. The van der Waals surface area contributed by atoms with Crippen LogP contribution in [0.1, 0.15) is 15.9 Å². The van der Waals surface area contributed by atoms with Gasteiger partial charge in [0.2, 0.25) is 5.91 Å². The molecule has 126 valence electrons. The molecule has 0 spiro atoms. The Morgan fingerprint density at radius 3 is 2.70 bits per heavy atom. The van der Waals surface area contributed by atoms with E-state index in [9.17, 15) is 9.59 Å². The SMILES string of the molecule is Cc1cc(C(=O)NCC(=O)NCCN2CCOCC2)ccc1I. The van der Waals surface area contributed by atoms with Crippen molar-refractivity contribution >= 4 is 34.4 Å². The number of carbonyl (C=O) groups excluding carboxylic acids is 2. The topological polar surface area (TPSA) is 70.7 Å². The second-order valence-electron chi connectivity index (χ2n) is 5.45. The number of carbonyl (C=O) groups is 2. The summed E-state index contributed by atoms with van der Waals surface area (Å²) in [6.07, 6.45) is 0. The van der Waals surface area contributed by atoms with Crippen LogP contribution in [0.4, 0.5) is 0 Å². The fraction of sp³-hybridized carbons (Fsp3) is 0.500. The smallest absolute Gasteiger partial charge is 0.251 e. The third-order valence-electron chi connectivity index (χ3n) is 3.68. The average Bonchev–Trinajstić information content (AvgIpc) is 2.56. The first kappa shape index (κ1) is 18.2.